The molecule has 6 nitrogen and oxygen atoms in total. The predicted octanol–water partition coefficient (Wildman–Crippen LogP) is 3.34. The molecule has 1 aromatic heterocycles. The van der Waals surface area contributed by atoms with E-state index in [4.69, 9.17) is 11.6 Å². The van der Waals surface area contributed by atoms with Gasteiger partial charge in [-0.25, -0.2) is 0 Å². The first kappa shape index (κ1) is 19.2. The van der Waals surface area contributed by atoms with Crippen LogP contribution in [-0.4, -0.2) is 29.2 Å². The molecule has 1 fully saturated rings. The molecular weight excluding hydrogens is 398 g/mol. The fraction of sp³-hybridized carbons (Fsp3) is 0.500. The van der Waals surface area contributed by atoms with Crippen LogP contribution in [0.4, 0.5) is 5.00 Å². The van der Waals surface area contributed by atoms with E-state index in [0.29, 0.717) is 28.4 Å². The number of rotatable bonds is 3. The van der Waals surface area contributed by atoms with Crippen molar-refractivity contribution in [3.63, 3.8) is 0 Å². The SMILES string of the molecule is N#Cc1c(NC(=O)CN2C(=O)[C@H]3CC(Cl)=CC[C@H]3C2=O)sc2c1CCCCC2. The zero-order valence-electron chi connectivity index (χ0n) is 15.3. The molecule has 1 N–H and O–H groups in total. The van der Waals surface area contributed by atoms with Crippen LogP contribution in [0.2, 0.25) is 0 Å². The Hall–Kier alpha value is -2.17. The van der Waals surface area contributed by atoms with Crippen LogP contribution in [0.5, 0.6) is 0 Å². The second kappa shape index (κ2) is 7.69. The Bertz CT molecular complexity index is 930. The van der Waals surface area contributed by atoms with Crippen molar-refractivity contribution in [2.24, 2.45) is 11.8 Å². The number of nitrogens with one attached hydrogen (secondary N) is 1. The molecule has 0 bridgehead atoms. The molecule has 1 aromatic rings. The van der Waals surface area contributed by atoms with Crippen molar-refractivity contribution in [1.29, 1.82) is 5.26 Å². The summed E-state index contributed by atoms with van der Waals surface area (Å²) in [5, 5.41) is 13.5. The summed E-state index contributed by atoms with van der Waals surface area (Å²) in [4.78, 5) is 39.9. The van der Waals surface area contributed by atoms with E-state index in [1.165, 1.54) is 11.3 Å². The number of fused-ring (bicyclic) bond motifs is 2. The molecule has 1 saturated heterocycles. The van der Waals surface area contributed by atoms with Crippen molar-refractivity contribution in [2.45, 2.75) is 44.9 Å². The molecular formula is C20H20ClN3O3S. The Morgan fingerprint density at radius 2 is 2.00 bits per heavy atom. The molecule has 8 heteroatoms. The quantitative estimate of drug-likeness (QED) is 0.603. The molecule has 0 saturated carbocycles. The summed E-state index contributed by atoms with van der Waals surface area (Å²) in [5.74, 6) is -1.99. The maximum Gasteiger partial charge on any atom is 0.245 e. The summed E-state index contributed by atoms with van der Waals surface area (Å²) in [5.41, 5.74) is 1.57. The van der Waals surface area contributed by atoms with Crippen molar-refractivity contribution in [2.75, 3.05) is 11.9 Å². The van der Waals surface area contributed by atoms with Crippen LogP contribution in [-0.2, 0) is 27.2 Å². The second-order valence-corrected chi connectivity index (χ2v) is 9.09. The second-order valence-electron chi connectivity index (χ2n) is 7.49. The van der Waals surface area contributed by atoms with Crippen molar-refractivity contribution in [3.8, 4) is 6.07 Å². The number of carbonyl (C=O) groups excluding carboxylic acids is 3. The van der Waals surface area contributed by atoms with Gasteiger partial charge in [0, 0.05) is 9.91 Å². The lowest BCUT2D eigenvalue weighted by Crippen LogP contribution is -2.38. The highest BCUT2D eigenvalue weighted by Crippen LogP contribution is 2.39. The Morgan fingerprint density at radius 3 is 2.79 bits per heavy atom. The number of nitriles is 1. The number of aryl methyl sites for hydroxylation is 1. The van der Waals surface area contributed by atoms with Crippen LogP contribution in [0.15, 0.2) is 11.1 Å². The van der Waals surface area contributed by atoms with Gasteiger partial charge in [0.05, 0.1) is 17.4 Å². The number of thiophene rings is 1. The molecule has 0 spiro atoms. The normalized spacial score (nSPS) is 24.1. The Labute approximate surface area is 172 Å². The zero-order chi connectivity index (χ0) is 19.8. The number of likely N-dealkylation sites (tertiary alicyclic amines) is 1. The minimum Gasteiger partial charge on any atom is -0.315 e. The van der Waals surface area contributed by atoms with E-state index in [1.807, 2.05) is 0 Å². The largest absolute Gasteiger partial charge is 0.315 e. The van der Waals surface area contributed by atoms with E-state index in [0.717, 1.165) is 47.4 Å². The zero-order valence-corrected chi connectivity index (χ0v) is 16.9. The average Bonchev–Trinajstić information content (AvgIpc) is 2.98. The summed E-state index contributed by atoms with van der Waals surface area (Å²) in [6, 6.07) is 2.22. The number of allylic oxidation sites excluding steroid dienone is 2. The van der Waals surface area contributed by atoms with Gasteiger partial charge in [-0.05, 0) is 44.1 Å². The van der Waals surface area contributed by atoms with Crippen molar-refractivity contribution in [1.82, 2.24) is 4.90 Å². The first-order valence-corrected chi connectivity index (χ1v) is 10.7. The molecule has 2 atom stereocenters. The molecule has 3 amide bonds. The highest BCUT2D eigenvalue weighted by molar-refractivity contribution is 7.16. The standard InChI is InChI=1S/C20H20ClN3O3S/c21-11-6-7-13-14(8-11)20(27)24(19(13)26)10-17(25)23-18-15(9-22)12-4-2-1-3-5-16(12)28-18/h6,13-14H,1-5,7-8,10H2,(H,23,25)/t13-,14+/m1/s1. The molecule has 28 heavy (non-hydrogen) atoms. The average molecular weight is 418 g/mol. The van der Waals surface area contributed by atoms with Gasteiger partial charge >= 0.3 is 0 Å². The molecule has 2 heterocycles. The third-order valence-corrected chi connectivity index (χ3v) is 7.26. The van der Waals surface area contributed by atoms with Gasteiger partial charge in [0.15, 0.2) is 0 Å². The number of hydrogen-bond acceptors (Lipinski definition) is 5. The van der Waals surface area contributed by atoms with Gasteiger partial charge in [-0.1, -0.05) is 24.1 Å². The number of amides is 3. The topological polar surface area (TPSA) is 90.3 Å². The van der Waals surface area contributed by atoms with Crippen LogP contribution in [0, 0.1) is 23.2 Å². The summed E-state index contributed by atoms with van der Waals surface area (Å²) < 4.78 is 0. The maximum atomic E-state index is 12.6. The Balaban J connectivity index is 1.48. The van der Waals surface area contributed by atoms with Gasteiger partial charge in [-0.3, -0.25) is 19.3 Å². The van der Waals surface area contributed by atoms with Crippen LogP contribution >= 0.6 is 22.9 Å². The van der Waals surface area contributed by atoms with E-state index in [-0.39, 0.29) is 18.4 Å². The Morgan fingerprint density at radius 1 is 1.25 bits per heavy atom. The minimum absolute atomic E-state index is 0.312. The van der Waals surface area contributed by atoms with E-state index in [2.05, 4.69) is 11.4 Å². The predicted molar refractivity (Wildman–Crippen MR) is 106 cm³/mol. The first-order valence-electron chi connectivity index (χ1n) is 9.53. The molecule has 4 rings (SSSR count). The van der Waals surface area contributed by atoms with Gasteiger partial charge < -0.3 is 5.32 Å². The monoisotopic (exact) mass is 417 g/mol. The molecule has 2 aliphatic carbocycles. The van der Waals surface area contributed by atoms with Crippen LogP contribution in [0.1, 0.15) is 48.1 Å². The summed E-state index contributed by atoms with van der Waals surface area (Å²) in [6.07, 6.45) is 7.61. The van der Waals surface area contributed by atoms with Gasteiger partial charge in [0.25, 0.3) is 0 Å². The smallest absolute Gasteiger partial charge is 0.245 e. The number of carbonyl (C=O) groups is 3. The minimum atomic E-state index is -0.467. The number of hydrogen-bond donors (Lipinski definition) is 1. The van der Waals surface area contributed by atoms with E-state index < -0.39 is 17.7 Å². The number of nitrogens with zero attached hydrogens (tertiary/aromatic N) is 2. The third-order valence-electron chi connectivity index (χ3n) is 5.75. The molecule has 0 unspecified atom stereocenters. The van der Waals surface area contributed by atoms with Crippen molar-refractivity contribution in [3.05, 3.63) is 27.1 Å². The number of imide groups is 1. The highest BCUT2D eigenvalue weighted by Gasteiger charge is 2.48. The van der Waals surface area contributed by atoms with Gasteiger partial charge in [-0.2, -0.15) is 5.26 Å². The van der Waals surface area contributed by atoms with Crippen LogP contribution in [0.25, 0.3) is 0 Å². The lowest BCUT2D eigenvalue weighted by molar-refractivity contribution is -0.142. The third kappa shape index (κ3) is 3.36. The fourth-order valence-electron chi connectivity index (χ4n) is 4.31. The molecule has 3 aliphatic rings. The summed E-state index contributed by atoms with van der Waals surface area (Å²) >= 11 is 7.46. The highest BCUT2D eigenvalue weighted by atomic mass is 35.5. The first-order chi connectivity index (χ1) is 13.5. The van der Waals surface area contributed by atoms with E-state index in [1.54, 1.807) is 6.08 Å². The fourth-order valence-corrected chi connectivity index (χ4v) is 5.82. The van der Waals surface area contributed by atoms with E-state index >= 15 is 0 Å². The lowest BCUT2D eigenvalue weighted by atomic mass is 9.85. The molecule has 1 aliphatic heterocycles. The number of anilines is 1. The van der Waals surface area contributed by atoms with Gasteiger partial charge in [0.1, 0.15) is 17.6 Å². The van der Waals surface area contributed by atoms with Gasteiger partial charge in [-0.15, -0.1) is 11.3 Å². The van der Waals surface area contributed by atoms with Crippen molar-refractivity contribution < 1.29 is 14.4 Å². The number of halogens is 1. The molecule has 0 aromatic carbocycles. The van der Waals surface area contributed by atoms with Crippen molar-refractivity contribution >= 4 is 45.7 Å². The van der Waals surface area contributed by atoms with Gasteiger partial charge in [0.2, 0.25) is 17.7 Å². The van der Waals surface area contributed by atoms with E-state index in [9.17, 15) is 19.6 Å². The molecule has 0 radical (unpaired) electrons. The maximum absolute atomic E-state index is 12.6. The summed E-state index contributed by atoms with van der Waals surface area (Å²) in [7, 11) is 0. The summed E-state index contributed by atoms with van der Waals surface area (Å²) in [6.45, 7) is -0.324. The van der Waals surface area contributed by atoms with Crippen LogP contribution in [0.3, 0.4) is 0 Å². The van der Waals surface area contributed by atoms with Crippen LogP contribution < -0.4 is 5.32 Å². The molecule has 146 valence electrons. The lowest BCUT2D eigenvalue weighted by Gasteiger charge is -2.17. The Kier molecular flexibility index (Phi) is 5.26.